The molecule has 62 valence electrons. The molecule has 1 aromatic heterocycles. The zero-order valence-corrected chi connectivity index (χ0v) is 6.04. The summed E-state index contributed by atoms with van der Waals surface area (Å²) in [6.07, 6.45) is 4.33. The summed E-state index contributed by atoms with van der Waals surface area (Å²) in [6, 6.07) is 0. The lowest BCUT2D eigenvalue weighted by molar-refractivity contribution is -0.140. The van der Waals surface area contributed by atoms with Crippen LogP contribution in [0.2, 0.25) is 0 Å². The minimum atomic E-state index is -1.22. The molecule has 0 fully saturated rings. The van der Waals surface area contributed by atoms with E-state index in [1.54, 1.807) is 0 Å². The molecule has 5 heteroatoms. The van der Waals surface area contributed by atoms with Gasteiger partial charge in [-0.2, -0.15) is 0 Å². The zero-order valence-electron chi connectivity index (χ0n) is 6.04. The van der Waals surface area contributed by atoms with Crippen molar-refractivity contribution in [3.63, 3.8) is 0 Å². The molecule has 1 atom stereocenters. The van der Waals surface area contributed by atoms with Crippen LogP contribution in [0.3, 0.4) is 0 Å². The van der Waals surface area contributed by atoms with E-state index >= 15 is 0 Å². The molecule has 0 aliphatic rings. The van der Waals surface area contributed by atoms with Gasteiger partial charge >= 0.3 is 5.97 Å². The van der Waals surface area contributed by atoms with Gasteiger partial charge in [0.2, 0.25) is 0 Å². The van der Waals surface area contributed by atoms with Crippen molar-refractivity contribution in [2.75, 3.05) is 0 Å². The van der Waals surface area contributed by atoms with Crippen molar-refractivity contribution < 1.29 is 14.7 Å². The maximum atomic E-state index is 10.4. The third kappa shape index (κ3) is 1.63. The van der Waals surface area contributed by atoms with Crippen molar-refractivity contribution >= 4 is 12.3 Å². The van der Waals surface area contributed by atoms with Crippen molar-refractivity contribution in [1.82, 2.24) is 9.97 Å². The number of nitrogens with zero attached hydrogens (tertiary/aromatic N) is 2. The summed E-state index contributed by atoms with van der Waals surface area (Å²) in [6.45, 7) is 0. The van der Waals surface area contributed by atoms with E-state index in [-0.39, 0.29) is 5.69 Å². The molecular weight excluding hydrogens is 160 g/mol. The Hall–Kier alpha value is -1.78. The minimum Gasteiger partial charge on any atom is -0.480 e. The van der Waals surface area contributed by atoms with Crippen molar-refractivity contribution in [1.29, 1.82) is 0 Å². The van der Waals surface area contributed by atoms with Crippen molar-refractivity contribution in [3.05, 3.63) is 24.3 Å². The Morgan fingerprint density at radius 2 is 2.33 bits per heavy atom. The second kappa shape index (κ2) is 3.56. The van der Waals surface area contributed by atoms with E-state index in [0.29, 0.717) is 6.29 Å². The molecule has 0 amide bonds. The first-order valence-corrected chi connectivity index (χ1v) is 3.19. The largest absolute Gasteiger partial charge is 0.480 e. The van der Waals surface area contributed by atoms with Gasteiger partial charge in [-0.1, -0.05) is 0 Å². The van der Waals surface area contributed by atoms with Crippen molar-refractivity contribution in [2.24, 2.45) is 0 Å². The number of aliphatic carboxylic acids is 1. The molecule has 0 saturated carbocycles. The summed E-state index contributed by atoms with van der Waals surface area (Å²) in [4.78, 5) is 28.1. The minimum absolute atomic E-state index is 0.153. The van der Waals surface area contributed by atoms with Gasteiger partial charge in [-0.25, -0.2) is 0 Å². The van der Waals surface area contributed by atoms with Gasteiger partial charge in [-0.15, -0.1) is 0 Å². The Kier molecular flexibility index (Phi) is 2.47. The number of carboxylic acids is 1. The summed E-state index contributed by atoms with van der Waals surface area (Å²) < 4.78 is 0. The molecule has 12 heavy (non-hydrogen) atoms. The molecule has 1 aromatic rings. The molecule has 0 aliphatic heterocycles. The number of carbonyl (C=O) groups excluding carboxylic acids is 1. The maximum absolute atomic E-state index is 10.4. The Balaban J connectivity index is 2.95. The van der Waals surface area contributed by atoms with E-state index in [4.69, 9.17) is 5.11 Å². The SMILES string of the molecule is O=CC(C(=O)O)c1cnccn1. The third-order valence-corrected chi connectivity index (χ3v) is 1.30. The number of aldehydes is 1. The van der Waals surface area contributed by atoms with E-state index < -0.39 is 11.9 Å². The predicted molar refractivity (Wildman–Crippen MR) is 38.5 cm³/mol. The summed E-state index contributed by atoms with van der Waals surface area (Å²) >= 11 is 0. The standard InChI is InChI=1S/C7H6N2O3/c10-4-5(7(11)12)6-3-8-1-2-9-6/h1-5H,(H,11,12). The first-order valence-electron chi connectivity index (χ1n) is 3.19. The average Bonchev–Trinajstić information content (AvgIpc) is 2.07. The molecule has 1 N–H and O–H groups in total. The Morgan fingerprint density at radius 1 is 1.58 bits per heavy atom. The predicted octanol–water partition coefficient (Wildman–Crippen LogP) is -0.156. The third-order valence-electron chi connectivity index (χ3n) is 1.30. The van der Waals surface area contributed by atoms with Crippen LogP contribution in [-0.2, 0) is 9.59 Å². The quantitative estimate of drug-likeness (QED) is 0.498. The van der Waals surface area contributed by atoms with Crippen LogP contribution in [0, 0.1) is 0 Å². The Labute approximate surface area is 68.1 Å². The number of hydrogen-bond acceptors (Lipinski definition) is 4. The highest BCUT2D eigenvalue weighted by molar-refractivity contribution is 5.92. The first-order chi connectivity index (χ1) is 5.75. The molecule has 0 saturated heterocycles. The summed E-state index contributed by atoms with van der Waals surface area (Å²) in [7, 11) is 0. The number of carbonyl (C=O) groups is 2. The Bertz CT molecular complexity index is 286. The lowest BCUT2D eigenvalue weighted by Crippen LogP contribution is -2.14. The molecule has 1 heterocycles. The molecule has 1 unspecified atom stereocenters. The van der Waals surface area contributed by atoms with E-state index in [9.17, 15) is 9.59 Å². The molecule has 0 bridgehead atoms. The van der Waals surface area contributed by atoms with Gasteiger partial charge in [0.1, 0.15) is 6.29 Å². The normalized spacial score (nSPS) is 12.0. The molecule has 0 radical (unpaired) electrons. The fourth-order valence-electron chi connectivity index (χ4n) is 0.726. The van der Waals surface area contributed by atoms with Crippen molar-refractivity contribution in [3.8, 4) is 0 Å². The van der Waals surface area contributed by atoms with Crippen LogP contribution in [0.1, 0.15) is 11.6 Å². The van der Waals surface area contributed by atoms with Gasteiger partial charge in [0.25, 0.3) is 0 Å². The van der Waals surface area contributed by atoms with Crippen LogP contribution in [0.5, 0.6) is 0 Å². The van der Waals surface area contributed by atoms with Crippen LogP contribution in [-0.4, -0.2) is 27.3 Å². The summed E-state index contributed by atoms with van der Waals surface area (Å²) in [5.41, 5.74) is 0.153. The highest BCUT2D eigenvalue weighted by Gasteiger charge is 2.19. The van der Waals surface area contributed by atoms with Crippen LogP contribution in [0.25, 0.3) is 0 Å². The van der Waals surface area contributed by atoms with Crippen LogP contribution in [0.15, 0.2) is 18.6 Å². The van der Waals surface area contributed by atoms with Crippen LogP contribution in [0.4, 0.5) is 0 Å². The van der Waals surface area contributed by atoms with Gasteiger partial charge < -0.3 is 9.90 Å². The lowest BCUT2D eigenvalue weighted by Gasteiger charge is -2.01. The molecular formula is C7H6N2O3. The van der Waals surface area contributed by atoms with E-state index in [2.05, 4.69) is 9.97 Å². The molecule has 1 rings (SSSR count). The van der Waals surface area contributed by atoms with E-state index in [1.165, 1.54) is 18.6 Å². The smallest absolute Gasteiger partial charge is 0.319 e. The number of rotatable bonds is 3. The zero-order chi connectivity index (χ0) is 8.97. The number of aromatic nitrogens is 2. The fraction of sp³-hybridized carbons (Fsp3) is 0.143. The molecule has 0 aromatic carbocycles. The second-order valence-electron chi connectivity index (χ2n) is 2.08. The molecule has 5 nitrogen and oxygen atoms in total. The van der Waals surface area contributed by atoms with E-state index in [1.807, 2.05) is 0 Å². The van der Waals surface area contributed by atoms with E-state index in [0.717, 1.165) is 0 Å². The monoisotopic (exact) mass is 166 g/mol. The van der Waals surface area contributed by atoms with Crippen LogP contribution < -0.4 is 0 Å². The molecule has 0 spiro atoms. The van der Waals surface area contributed by atoms with Gasteiger partial charge in [-0.05, 0) is 0 Å². The van der Waals surface area contributed by atoms with Crippen molar-refractivity contribution in [2.45, 2.75) is 5.92 Å². The summed E-state index contributed by atoms with van der Waals surface area (Å²) in [5.74, 6) is -2.43. The lowest BCUT2D eigenvalue weighted by atomic mass is 10.1. The van der Waals surface area contributed by atoms with Gasteiger partial charge in [-0.3, -0.25) is 14.8 Å². The Morgan fingerprint density at radius 3 is 2.75 bits per heavy atom. The highest BCUT2D eigenvalue weighted by atomic mass is 16.4. The fourth-order valence-corrected chi connectivity index (χ4v) is 0.726. The highest BCUT2D eigenvalue weighted by Crippen LogP contribution is 2.07. The topological polar surface area (TPSA) is 80.2 Å². The average molecular weight is 166 g/mol. The molecule has 0 aliphatic carbocycles. The first kappa shape index (κ1) is 8.32. The number of carboxylic acid groups (broad SMARTS) is 1. The van der Waals surface area contributed by atoms with Crippen LogP contribution >= 0.6 is 0 Å². The van der Waals surface area contributed by atoms with Gasteiger partial charge in [0, 0.05) is 18.6 Å². The maximum Gasteiger partial charge on any atom is 0.319 e. The number of hydrogen-bond donors (Lipinski definition) is 1. The van der Waals surface area contributed by atoms with Gasteiger partial charge in [0.15, 0.2) is 5.92 Å². The van der Waals surface area contributed by atoms with Gasteiger partial charge in [0.05, 0.1) is 5.69 Å². The summed E-state index contributed by atoms with van der Waals surface area (Å²) in [5, 5.41) is 8.53. The second-order valence-corrected chi connectivity index (χ2v) is 2.08.